The minimum Gasteiger partial charge on any atom is -0.375 e. The maximum Gasteiger partial charge on any atom is 0.406 e. The zero-order valence-corrected chi connectivity index (χ0v) is 41.9. The van der Waals surface area contributed by atoms with Crippen molar-refractivity contribution in [2.45, 2.75) is 162 Å². The molecule has 2 N–H and O–H groups in total. The Labute approximate surface area is 399 Å². The fourth-order valence-corrected chi connectivity index (χ4v) is 11.5. The molecule has 2 saturated heterocycles. The molecular weight excluding hydrogens is 876 g/mol. The van der Waals surface area contributed by atoms with E-state index in [0.717, 1.165) is 80.7 Å². The summed E-state index contributed by atoms with van der Waals surface area (Å²) in [7, 11) is 1.57. The summed E-state index contributed by atoms with van der Waals surface area (Å²) in [5.41, 5.74) is 7.10. The summed E-state index contributed by atoms with van der Waals surface area (Å²) in [5, 5.41) is 8.32. The van der Waals surface area contributed by atoms with Crippen LogP contribution in [0.2, 0.25) is 0 Å². The zero-order valence-electron chi connectivity index (χ0n) is 41.1. The van der Waals surface area contributed by atoms with Crippen LogP contribution >= 0.6 is 11.3 Å². The van der Waals surface area contributed by atoms with Gasteiger partial charge in [-0.15, -0.1) is 11.3 Å². The molecule has 5 heterocycles. The molecule has 2 amide bonds. The number of ether oxygens (including phenoxy) is 2. The van der Waals surface area contributed by atoms with Crippen LogP contribution < -0.4 is 10.7 Å². The van der Waals surface area contributed by atoms with Crippen LogP contribution in [0.1, 0.15) is 135 Å². The molecule has 15 heteroatoms. The number of carbonyl (C=O) groups is 2. The third kappa shape index (κ3) is 11.9. The van der Waals surface area contributed by atoms with Crippen LogP contribution in [0.25, 0.3) is 33.4 Å². The van der Waals surface area contributed by atoms with Gasteiger partial charge in [0.15, 0.2) is 0 Å². The first-order valence-electron chi connectivity index (χ1n) is 24.9. The maximum absolute atomic E-state index is 14.9. The fourth-order valence-electron chi connectivity index (χ4n) is 10.6. The summed E-state index contributed by atoms with van der Waals surface area (Å²) in [5.74, 6) is 0.389. The number of hydrazine groups is 1. The minimum absolute atomic E-state index is 0.113. The molecule has 2 aliphatic heterocycles. The number of pyridine rings is 1. The predicted molar refractivity (Wildman–Crippen MR) is 260 cm³/mol. The van der Waals surface area contributed by atoms with E-state index in [0.29, 0.717) is 78.3 Å². The van der Waals surface area contributed by atoms with Crippen molar-refractivity contribution in [3.05, 3.63) is 58.2 Å². The van der Waals surface area contributed by atoms with Crippen molar-refractivity contribution >= 4 is 34.1 Å². The Morgan fingerprint density at radius 3 is 2.52 bits per heavy atom. The fraction of sp³-hybridized carbons (Fsp3) is 0.654. The first kappa shape index (κ1) is 51.0. The third-order valence-corrected chi connectivity index (χ3v) is 15.9. The lowest BCUT2D eigenvalue weighted by atomic mass is 9.81. The van der Waals surface area contributed by atoms with E-state index >= 15 is 0 Å². The number of thiazole rings is 1. The van der Waals surface area contributed by atoms with Crippen LogP contribution in [-0.2, 0) is 38.4 Å². The number of carbonyl (C=O) groups excluding carboxylic acids is 2. The van der Waals surface area contributed by atoms with Gasteiger partial charge in [-0.25, -0.2) is 10.4 Å². The second-order valence-electron chi connectivity index (χ2n) is 20.3. The lowest BCUT2D eigenvalue weighted by Gasteiger charge is -2.47. The Morgan fingerprint density at radius 1 is 1.07 bits per heavy atom. The summed E-state index contributed by atoms with van der Waals surface area (Å²) in [4.78, 5) is 41.5. The molecule has 11 nitrogen and oxygen atoms in total. The number of nitrogens with zero attached hydrogens (tertiary/aromatic N) is 5. The van der Waals surface area contributed by atoms with E-state index in [9.17, 15) is 22.8 Å². The molecule has 0 bridgehead atoms. The number of hydrogen-bond acceptors (Lipinski definition) is 9. The Hall–Kier alpha value is -3.89. The van der Waals surface area contributed by atoms with Crippen LogP contribution in [0.4, 0.5) is 13.2 Å². The average molecular weight is 950 g/mol. The lowest BCUT2D eigenvalue weighted by molar-refractivity contribution is -0.152. The van der Waals surface area contributed by atoms with E-state index in [4.69, 9.17) is 14.5 Å². The topological polar surface area (TPSA) is 114 Å². The van der Waals surface area contributed by atoms with Crippen LogP contribution in [0.5, 0.6) is 0 Å². The monoisotopic (exact) mass is 950 g/mol. The lowest BCUT2D eigenvalue weighted by Crippen LogP contribution is -2.63. The SMILES string of the molecule is CCC(C)CC1(CC)CN(C(C(=O)NC(Cc2nc(-c3ccc4c(c3)c(CC(C)(C)CC)c(-c3cccnc3C(C)OC)n4CC(F)(F)F)cs2)C(=O)N2CCCCN2)C2CCCC2)CCO1. The van der Waals surface area contributed by atoms with E-state index in [1.165, 1.54) is 15.9 Å². The summed E-state index contributed by atoms with van der Waals surface area (Å²) in [6.07, 6.45) is 7.07. The molecule has 5 atom stereocenters. The Kier molecular flexibility index (Phi) is 16.6. The number of rotatable bonds is 19. The van der Waals surface area contributed by atoms with Gasteiger partial charge >= 0.3 is 6.18 Å². The highest BCUT2D eigenvalue weighted by Gasteiger charge is 2.44. The van der Waals surface area contributed by atoms with Crippen molar-refractivity contribution in [1.82, 2.24) is 35.2 Å². The molecule has 0 radical (unpaired) electrons. The van der Waals surface area contributed by atoms with E-state index in [2.05, 4.69) is 62.2 Å². The van der Waals surface area contributed by atoms with Gasteiger partial charge in [0.2, 0.25) is 5.91 Å². The van der Waals surface area contributed by atoms with Gasteiger partial charge in [-0.1, -0.05) is 73.3 Å². The van der Waals surface area contributed by atoms with Gasteiger partial charge in [0.25, 0.3) is 5.91 Å². The van der Waals surface area contributed by atoms with Gasteiger partial charge in [0.05, 0.1) is 46.4 Å². The molecule has 1 aromatic carbocycles. The highest BCUT2D eigenvalue weighted by atomic mass is 32.1. The van der Waals surface area contributed by atoms with Crippen LogP contribution in [0, 0.1) is 17.3 Å². The predicted octanol–water partition coefficient (Wildman–Crippen LogP) is 10.7. The molecule has 3 aromatic heterocycles. The molecule has 1 saturated carbocycles. The van der Waals surface area contributed by atoms with E-state index in [-0.39, 0.29) is 41.2 Å². The highest BCUT2D eigenvalue weighted by Crippen LogP contribution is 2.44. The van der Waals surface area contributed by atoms with Gasteiger partial charge in [-0.05, 0) is 98.9 Å². The highest BCUT2D eigenvalue weighted by molar-refractivity contribution is 7.10. The molecule has 0 spiro atoms. The molecule has 5 unspecified atom stereocenters. The smallest absolute Gasteiger partial charge is 0.375 e. The van der Waals surface area contributed by atoms with Crippen molar-refractivity contribution in [2.24, 2.45) is 17.3 Å². The number of alkyl halides is 3. The third-order valence-electron chi connectivity index (χ3n) is 15.0. The van der Waals surface area contributed by atoms with E-state index < -0.39 is 24.9 Å². The van der Waals surface area contributed by atoms with Gasteiger partial charge in [0.1, 0.15) is 12.6 Å². The maximum atomic E-state index is 14.9. The number of morpholine rings is 1. The van der Waals surface area contributed by atoms with Gasteiger partial charge in [-0.2, -0.15) is 13.2 Å². The zero-order chi connectivity index (χ0) is 48.1. The minimum atomic E-state index is -4.49. The molecule has 368 valence electrons. The summed E-state index contributed by atoms with van der Waals surface area (Å²) in [6, 6.07) is 7.95. The second kappa shape index (κ2) is 21.8. The normalized spacial score (nSPS) is 20.9. The number of halogens is 3. The number of methoxy groups -OCH3 is 1. The van der Waals surface area contributed by atoms with Gasteiger partial charge < -0.3 is 19.4 Å². The summed E-state index contributed by atoms with van der Waals surface area (Å²) >= 11 is 1.42. The van der Waals surface area contributed by atoms with Crippen molar-refractivity contribution in [1.29, 1.82) is 0 Å². The van der Waals surface area contributed by atoms with Crippen LogP contribution in [0.3, 0.4) is 0 Å². The van der Waals surface area contributed by atoms with Crippen LogP contribution in [0.15, 0.2) is 41.9 Å². The average Bonchev–Trinajstić information content (AvgIpc) is 4.09. The first-order chi connectivity index (χ1) is 32.0. The Balaban J connectivity index is 1.24. The molecule has 3 fully saturated rings. The number of amides is 2. The number of fused-ring (bicyclic) bond motifs is 1. The van der Waals surface area contributed by atoms with Gasteiger partial charge in [0, 0.05) is 73.3 Å². The summed E-state index contributed by atoms with van der Waals surface area (Å²) < 4.78 is 57.4. The van der Waals surface area contributed by atoms with Crippen molar-refractivity contribution in [3.8, 4) is 22.5 Å². The molecule has 3 aliphatic rings. The molecule has 4 aromatic rings. The Bertz CT molecular complexity index is 2300. The van der Waals surface area contributed by atoms with E-state index in [1.54, 1.807) is 30.4 Å². The number of benzene rings is 1. The van der Waals surface area contributed by atoms with Gasteiger partial charge in [-0.3, -0.25) is 24.5 Å². The molecule has 1 aliphatic carbocycles. The van der Waals surface area contributed by atoms with Crippen molar-refractivity contribution in [2.75, 3.05) is 39.9 Å². The Morgan fingerprint density at radius 2 is 1.85 bits per heavy atom. The number of nitrogens with one attached hydrogen (secondary N) is 2. The van der Waals surface area contributed by atoms with E-state index in [1.807, 2.05) is 30.5 Å². The standard InChI is InChI=1S/C52H74F3N7O4S/c1-9-34(4)29-51(11-3)32-60(25-26-66-51)46(36-17-12-13-18-36)48(63)59-41(49(64)62-24-15-14-23-57-62)28-44-58-42(31-67-44)37-20-21-43-39(27-37)40(30-50(6,7)10-2)47(61(43)33-52(53,54)55)38-19-16-22-56-45(38)35(5)65-8/h16,19-22,27,31,34-36,41,46,57H,9-15,17-18,23-26,28-30,32-33H2,1-8H3,(H,59,63). The number of aromatic nitrogens is 3. The summed E-state index contributed by atoms with van der Waals surface area (Å²) in [6.45, 7) is 16.9. The van der Waals surface area contributed by atoms with Crippen molar-refractivity contribution < 1.29 is 32.2 Å². The molecule has 67 heavy (non-hydrogen) atoms. The first-order valence-corrected chi connectivity index (χ1v) is 25.7. The second-order valence-corrected chi connectivity index (χ2v) is 21.3. The molecular formula is C52H74F3N7O4S. The largest absolute Gasteiger partial charge is 0.406 e. The quantitative estimate of drug-likeness (QED) is 0.0956. The molecule has 7 rings (SSSR count). The van der Waals surface area contributed by atoms with Crippen LogP contribution in [-0.4, -0.2) is 100 Å². The number of hydrogen-bond donors (Lipinski definition) is 2. The van der Waals surface area contributed by atoms with Crippen molar-refractivity contribution in [3.63, 3.8) is 0 Å².